The van der Waals surface area contributed by atoms with Crippen LogP contribution in [0, 0.1) is 0 Å². The zero-order chi connectivity index (χ0) is 17.4. The van der Waals surface area contributed by atoms with Gasteiger partial charge >= 0.3 is 0 Å². The Morgan fingerprint density at radius 3 is 2.48 bits per heavy atom. The number of rotatable bonds is 3. The van der Waals surface area contributed by atoms with Gasteiger partial charge in [0, 0.05) is 12.0 Å². The Hall–Kier alpha value is -2.43. The van der Waals surface area contributed by atoms with Crippen LogP contribution in [0.5, 0.6) is 0 Å². The summed E-state index contributed by atoms with van der Waals surface area (Å²) in [4.78, 5) is 18.2. The second kappa shape index (κ2) is 6.47. The Morgan fingerprint density at radius 2 is 1.80 bits per heavy atom. The molecule has 0 aliphatic heterocycles. The summed E-state index contributed by atoms with van der Waals surface area (Å²) in [5, 5.41) is 5.06. The summed E-state index contributed by atoms with van der Waals surface area (Å²) >= 11 is 0. The zero-order valence-corrected chi connectivity index (χ0v) is 14.9. The van der Waals surface area contributed by atoms with Gasteiger partial charge in [0.15, 0.2) is 5.65 Å². The molecule has 1 aliphatic rings. The summed E-state index contributed by atoms with van der Waals surface area (Å²) < 4.78 is 3.73. The highest BCUT2D eigenvalue weighted by molar-refractivity contribution is 5.75. The van der Waals surface area contributed by atoms with Crippen LogP contribution in [0.2, 0.25) is 0 Å². The lowest BCUT2D eigenvalue weighted by molar-refractivity contribution is 0.333. The van der Waals surface area contributed by atoms with E-state index in [4.69, 9.17) is 4.98 Å². The molecule has 5 heteroatoms. The van der Waals surface area contributed by atoms with Gasteiger partial charge in [0.25, 0.3) is 5.56 Å². The molecule has 1 saturated carbocycles. The molecule has 0 bridgehead atoms. The summed E-state index contributed by atoms with van der Waals surface area (Å²) in [5.41, 5.74) is 1.64. The molecule has 0 unspecified atom stereocenters. The third-order valence-electron chi connectivity index (χ3n) is 5.12. The van der Waals surface area contributed by atoms with Crippen LogP contribution in [0.3, 0.4) is 0 Å². The largest absolute Gasteiger partial charge is 0.293 e. The summed E-state index contributed by atoms with van der Waals surface area (Å²) in [7, 11) is 0. The van der Waals surface area contributed by atoms with Gasteiger partial charge in [-0.1, -0.05) is 51.3 Å². The standard InChI is InChI=1S/C20H24N4O/c1-14(2)18-22-19-17(13-21-24(19)16-11-7-4-8-12-16)20(25)23(18)15-9-5-3-6-10-15/h4,7-8,11-15H,3,5-6,9-10H2,1-2H3. The number of fused-ring (bicyclic) bond motifs is 1. The predicted octanol–water partition coefficient (Wildman–Crippen LogP) is 4.21. The lowest BCUT2D eigenvalue weighted by Gasteiger charge is -2.27. The van der Waals surface area contributed by atoms with Crippen molar-refractivity contribution in [3.63, 3.8) is 0 Å². The van der Waals surface area contributed by atoms with E-state index >= 15 is 0 Å². The fraction of sp³-hybridized carbons (Fsp3) is 0.450. The van der Waals surface area contributed by atoms with Crippen LogP contribution in [0.15, 0.2) is 41.3 Å². The molecule has 4 rings (SSSR count). The van der Waals surface area contributed by atoms with Crippen LogP contribution in [0.4, 0.5) is 0 Å². The highest BCUT2D eigenvalue weighted by atomic mass is 16.1. The fourth-order valence-corrected chi connectivity index (χ4v) is 3.85. The smallest absolute Gasteiger partial charge is 0.264 e. The van der Waals surface area contributed by atoms with Gasteiger partial charge in [-0.25, -0.2) is 9.67 Å². The van der Waals surface area contributed by atoms with E-state index in [1.54, 1.807) is 10.9 Å². The van der Waals surface area contributed by atoms with Gasteiger partial charge in [-0.15, -0.1) is 0 Å². The number of benzene rings is 1. The minimum atomic E-state index is 0.0581. The second-order valence-electron chi connectivity index (χ2n) is 7.22. The summed E-state index contributed by atoms with van der Waals surface area (Å²) in [6.07, 6.45) is 7.45. The monoisotopic (exact) mass is 336 g/mol. The molecule has 130 valence electrons. The van der Waals surface area contributed by atoms with Crippen LogP contribution >= 0.6 is 0 Å². The third kappa shape index (κ3) is 2.77. The van der Waals surface area contributed by atoms with E-state index in [-0.39, 0.29) is 17.5 Å². The minimum Gasteiger partial charge on any atom is -0.293 e. The molecule has 3 aromatic rings. The van der Waals surface area contributed by atoms with E-state index in [1.807, 2.05) is 34.9 Å². The Morgan fingerprint density at radius 1 is 1.08 bits per heavy atom. The molecule has 1 fully saturated rings. The van der Waals surface area contributed by atoms with Crippen molar-refractivity contribution in [3.05, 3.63) is 52.7 Å². The molecule has 0 radical (unpaired) electrons. The first-order valence-corrected chi connectivity index (χ1v) is 9.22. The van der Waals surface area contributed by atoms with Crippen molar-refractivity contribution >= 4 is 11.0 Å². The maximum atomic E-state index is 13.3. The van der Waals surface area contributed by atoms with E-state index in [0.717, 1.165) is 24.4 Å². The van der Waals surface area contributed by atoms with Gasteiger partial charge in [0.2, 0.25) is 0 Å². The van der Waals surface area contributed by atoms with Crippen LogP contribution in [-0.2, 0) is 0 Å². The van der Waals surface area contributed by atoms with Crippen molar-refractivity contribution in [3.8, 4) is 5.69 Å². The van der Waals surface area contributed by atoms with E-state index in [0.29, 0.717) is 11.0 Å². The van der Waals surface area contributed by atoms with Gasteiger partial charge in [0.05, 0.1) is 11.9 Å². The normalized spacial score (nSPS) is 16.0. The van der Waals surface area contributed by atoms with Crippen LogP contribution in [0.1, 0.15) is 63.7 Å². The predicted molar refractivity (Wildman–Crippen MR) is 99.3 cm³/mol. The van der Waals surface area contributed by atoms with Gasteiger partial charge in [-0.2, -0.15) is 5.10 Å². The van der Waals surface area contributed by atoms with Crippen LogP contribution in [0.25, 0.3) is 16.7 Å². The molecule has 2 heterocycles. The van der Waals surface area contributed by atoms with Crippen molar-refractivity contribution in [1.82, 2.24) is 19.3 Å². The van der Waals surface area contributed by atoms with Gasteiger partial charge in [0.1, 0.15) is 11.2 Å². The Bertz CT molecular complexity index is 933. The Labute approximate surface area is 147 Å². The molecule has 2 aromatic heterocycles. The Kier molecular flexibility index (Phi) is 4.15. The van der Waals surface area contributed by atoms with Gasteiger partial charge in [-0.3, -0.25) is 9.36 Å². The molecule has 1 aromatic carbocycles. The number of aromatic nitrogens is 4. The summed E-state index contributed by atoms with van der Waals surface area (Å²) in [6, 6.07) is 10.1. The van der Waals surface area contributed by atoms with Crippen LogP contribution < -0.4 is 5.56 Å². The van der Waals surface area contributed by atoms with Crippen molar-refractivity contribution in [2.45, 2.75) is 57.9 Å². The number of hydrogen-bond donors (Lipinski definition) is 0. The maximum Gasteiger partial charge on any atom is 0.264 e. The fourth-order valence-electron chi connectivity index (χ4n) is 3.85. The van der Waals surface area contributed by atoms with Gasteiger partial charge in [-0.05, 0) is 25.0 Å². The quantitative estimate of drug-likeness (QED) is 0.720. The van der Waals surface area contributed by atoms with Crippen molar-refractivity contribution < 1.29 is 0 Å². The lowest BCUT2D eigenvalue weighted by Crippen LogP contribution is -2.31. The average Bonchev–Trinajstić information content (AvgIpc) is 3.07. The molecule has 0 atom stereocenters. The van der Waals surface area contributed by atoms with E-state index in [1.165, 1.54) is 19.3 Å². The van der Waals surface area contributed by atoms with Crippen LogP contribution in [-0.4, -0.2) is 19.3 Å². The highest BCUT2D eigenvalue weighted by Crippen LogP contribution is 2.30. The number of nitrogens with zero attached hydrogens (tertiary/aromatic N) is 4. The molecule has 25 heavy (non-hydrogen) atoms. The van der Waals surface area contributed by atoms with E-state index in [9.17, 15) is 4.79 Å². The number of hydrogen-bond acceptors (Lipinski definition) is 3. The van der Waals surface area contributed by atoms with Crippen molar-refractivity contribution in [2.24, 2.45) is 0 Å². The van der Waals surface area contributed by atoms with E-state index < -0.39 is 0 Å². The molecular formula is C20H24N4O. The molecule has 5 nitrogen and oxygen atoms in total. The summed E-state index contributed by atoms with van der Waals surface area (Å²) in [5.74, 6) is 1.07. The molecular weight excluding hydrogens is 312 g/mol. The first kappa shape index (κ1) is 16.1. The van der Waals surface area contributed by atoms with E-state index in [2.05, 4.69) is 18.9 Å². The molecule has 0 spiro atoms. The molecule has 1 aliphatic carbocycles. The van der Waals surface area contributed by atoms with Crippen molar-refractivity contribution in [2.75, 3.05) is 0 Å². The first-order chi connectivity index (χ1) is 12.2. The first-order valence-electron chi connectivity index (χ1n) is 9.22. The maximum absolute atomic E-state index is 13.3. The SMILES string of the molecule is CC(C)c1nc2c(cnn2-c2ccccc2)c(=O)n1C1CCCCC1. The molecule has 0 N–H and O–H groups in total. The Balaban J connectivity index is 1.94. The lowest BCUT2D eigenvalue weighted by atomic mass is 9.94. The zero-order valence-electron chi connectivity index (χ0n) is 14.9. The topological polar surface area (TPSA) is 52.7 Å². The molecule has 0 amide bonds. The highest BCUT2D eigenvalue weighted by Gasteiger charge is 2.24. The van der Waals surface area contributed by atoms with Gasteiger partial charge < -0.3 is 0 Å². The third-order valence-corrected chi connectivity index (χ3v) is 5.12. The summed E-state index contributed by atoms with van der Waals surface area (Å²) in [6.45, 7) is 4.21. The minimum absolute atomic E-state index is 0.0581. The number of para-hydroxylation sites is 1. The molecule has 0 saturated heterocycles. The average molecular weight is 336 g/mol. The van der Waals surface area contributed by atoms with Crippen molar-refractivity contribution in [1.29, 1.82) is 0 Å². The second-order valence-corrected chi connectivity index (χ2v) is 7.22.